The fourth-order valence-corrected chi connectivity index (χ4v) is 12.0. The molecule has 0 atom stereocenters. The molecule has 0 bridgehead atoms. The minimum absolute atomic E-state index is 0. The number of fused-ring (bicyclic) bond motifs is 3. The van der Waals surface area contributed by atoms with Gasteiger partial charge in [0.15, 0.2) is 13.1 Å². The zero-order chi connectivity index (χ0) is 42.4. The normalized spacial score (nSPS) is 21.4. The lowest BCUT2D eigenvalue weighted by Crippen LogP contribution is -3.00. The van der Waals surface area contributed by atoms with E-state index < -0.39 is 10.0 Å². The molecule has 3 aliphatic heterocycles. The van der Waals surface area contributed by atoms with Crippen molar-refractivity contribution in [2.45, 2.75) is 89.4 Å². The Morgan fingerprint density at radius 3 is 1.66 bits per heavy atom. The third-order valence-electron chi connectivity index (χ3n) is 13.4. The van der Waals surface area contributed by atoms with Gasteiger partial charge in [0, 0.05) is 88.4 Å². The quantitative estimate of drug-likeness (QED) is 0.128. The summed E-state index contributed by atoms with van der Waals surface area (Å²) in [5, 5.41) is 1.72. The fourth-order valence-electron chi connectivity index (χ4n) is 10.4. The Labute approximate surface area is 382 Å². The number of halogens is 1. The Hall–Kier alpha value is -4.19. The lowest BCUT2D eigenvalue weighted by atomic mass is 9.82. The van der Waals surface area contributed by atoms with Crippen LogP contribution in [0.2, 0.25) is 0 Å². The lowest BCUT2D eigenvalue weighted by molar-refractivity contribution is -0.536. The predicted molar refractivity (Wildman–Crippen MR) is 252 cm³/mol. The highest BCUT2D eigenvalue weighted by Crippen LogP contribution is 2.49. The molecule has 0 amide bonds. The van der Waals surface area contributed by atoms with Crippen LogP contribution in [0.5, 0.6) is 0 Å². The van der Waals surface area contributed by atoms with Crippen molar-refractivity contribution in [2.24, 2.45) is 0 Å². The molecule has 4 aromatic carbocycles. The number of rotatable bonds is 9. The average molecular weight is 950 g/mol. The highest BCUT2D eigenvalue weighted by atomic mass is 127. The number of hydrogen-bond acceptors (Lipinski definition) is 5. The molecule has 0 radical (unpaired) electrons. The van der Waals surface area contributed by atoms with E-state index in [4.69, 9.17) is 0 Å². The number of allylic oxidation sites excluding steroid dienone is 8. The first-order valence-corrected chi connectivity index (χ1v) is 23.6. The Kier molecular flexibility index (Phi) is 13.2. The molecule has 4 aromatic rings. The van der Waals surface area contributed by atoms with Gasteiger partial charge in [0.05, 0.1) is 18.0 Å². The van der Waals surface area contributed by atoms with E-state index in [1.807, 2.05) is 49.3 Å². The maximum absolute atomic E-state index is 14.5. The fraction of sp³-hybridized carbons (Fsp3) is 0.404. The zero-order valence-electron chi connectivity index (χ0n) is 37.5. The molecule has 9 heteroatoms. The molecule has 61 heavy (non-hydrogen) atoms. The van der Waals surface area contributed by atoms with E-state index in [1.54, 1.807) is 10.4 Å². The summed E-state index contributed by atoms with van der Waals surface area (Å²) in [5.74, 6) is 0. The van der Waals surface area contributed by atoms with Gasteiger partial charge >= 0.3 is 0 Å². The van der Waals surface area contributed by atoms with Crippen LogP contribution in [0, 0.1) is 0 Å². The molecule has 8 rings (SSSR count). The van der Waals surface area contributed by atoms with Gasteiger partial charge in [0.1, 0.15) is 0 Å². The van der Waals surface area contributed by atoms with Crippen LogP contribution >= 0.6 is 0 Å². The number of anilines is 3. The van der Waals surface area contributed by atoms with Crippen molar-refractivity contribution in [3.8, 4) is 0 Å². The average Bonchev–Trinajstić information content (AvgIpc) is 3.59. The summed E-state index contributed by atoms with van der Waals surface area (Å²) >= 11 is 0. The van der Waals surface area contributed by atoms with E-state index in [0.29, 0.717) is 31.1 Å². The van der Waals surface area contributed by atoms with Crippen molar-refractivity contribution in [2.75, 3.05) is 68.1 Å². The van der Waals surface area contributed by atoms with Gasteiger partial charge in [-0.3, -0.25) is 0 Å². The van der Waals surface area contributed by atoms with Crippen LogP contribution < -0.4 is 38.7 Å². The van der Waals surface area contributed by atoms with Gasteiger partial charge < -0.3 is 38.7 Å². The molecule has 4 aliphatic rings. The van der Waals surface area contributed by atoms with Gasteiger partial charge in [-0.25, -0.2) is 13.0 Å². The van der Waals surface area contributed by atoms with Gasteiger partial charge in [-0.15, -0.1) is 0 Å². The Balaban J connectivity index is 0.00000561. The van der Waals surface area contributed by atoms with Crippen molar-refractivity contribution >= 4 is 43.6 Å². The molecule has 3 heterocycles. The molecule has 1 aliphatic carbocycles. The predicted octanol–water partition coefficient (Wildman–Crippen LogP) is 7.59. The SMILES string of the molecule is CCCN1/C(=C\C=C2\CCC/C(=C\C=C3\N(CCC)c4ccccc4C3(C)C)C2=[N+]2CCN(S(=O)(=O)c3cccc4c(N(C)C)cccc34)CC2)C(C)(C)c2ccccc21.[I-]. The molecule has 0 N–H and O–H groups in total. The first-order valence-electron chi connectivity index (χ1n) is 22.2. The van der Waals surface area contributed by atoms with Crippen molar-refractivity contribution in [1.82, 2.24) is 4.31 Å². The van der Waals surface area contributed by atoms with E-state index in [-0.39, 0.29) is 34.8 Å². The summed E-state index contributed by atoms with van der Waals surface area (Å²) in [6.07, 6.45) is 14.8. The summed E-state index contributed by atoms with van der Waals surface area (Å²) in [6.45, 7) is 18.0. The second-order valence-corrected chi connectivity index (χ2v) is 20.1. The second kappa shape index (κ2) is 17.9. The molecular weight excluding hydrogens is 886 g/mol. The first-order chi connectivity index (χ1) is 28.8. The third-order valence-corrected chi connectivity index (χ3v) is 15.3. The maximum atomic E-state index is 14.5. The number of benzene rings is 4. The summed E-state index contributed by atoms with van der Waals surface area (Å²) in [4.78, 5) is 7.48. The first kappa shape index (κ1) is 44.9. The lowest BCUT2D eigenvalue weighted by Gasteiger charge is -2.29. The van der Waals surface area contributed by atoms with Gasteiger partial charge in [0.25, 0.3) is 0 Å². The van der Waals surface area contributed by atoms with Crippen LogP contribution in [0.1, 0.15) is 84.8 Å². The standard InChI is InChI=1S/C52H64N5O2S.HI/c1-9-32-56-45-24-13-11-22-42(45)51(3,4)48(56)30-28-38-18-15-19-39(29-31-49-52(5,6)43-23-12-14-25-46(43)57(49)33-10-2)50(38)54-34-36-55(37-35-54)60(58,59)47-27-17-20-40-41(47)21-16-26-44(40)53(7)8;/h11-14,16-17,20-31H,9-10,15,18-19,32-37H2,1-8H3;1H/q+1;/p-1. The van der Waals surface area contributed by atoms with Gasteiger partial charge in [-0.1, -0.05) is 114 Å². The monoisotopic (exact) mass is 949 g/mol. The smallest absolute Gasteiger partial charge is 0.244 e. The van der Waals surface area contributed by atoms with Crippen LogP contribution in [0.25, 0.3) is 10.8 Å². The van der Waals surface area contributed by atoms with Crippen LogP contribution in [0.3, 0.4) is 0 Å². The highest BCUT2D eigenvalue weighted by molar-refractivity contribution is 7.89. The number of hydrogen-bond donors (Lipinski definition) is 0. The van der Waals surface area contributed by atoms with Crippen LogP contribution in [-0.2, 0) is 20.9 Å². The van der Waals surface area contributed by atoms with E-state index >= 15 is 0 Å². The molecule has 0 spiro atoms. The minimum atomic E-state index is -3.74. The van der Waals surface area contributed by atoms with Gasteiger partial charge in [-0.2, -0.15) is 4.31 Å². The second-order valence-electron chi connectivity index (χ2n) is 18.2. The molecular formula is C52H64IN5O2S. The zero-order valence-corrected chi connectivity index (χ0v) is 40.5. The van der Waals surface area contributed by atoms with Gasteiger partial charge in [0.2, 0.25) is 15.7 Å². The number of nitrogens with zero attached hydrogens (tertiary/aromatic N) is 5. The Bertz CT molecular complexity index is 2470. The van der Waals surface area contributed by atoms with Crippen LogP contribution in [-0.4, -0.2) is 76.4 Å². The molecule has 7 nitrogen and oxygen atoms in total. The van der Waals surface area contributed by atoms with Crippen molar-refractivity contribution in [3.63, 3.8) is 0 Å². The summed E-state index contributed by atoms with van der Waals surface area (Å²) in [6, 6.07) is 29.4. The maximum Gasteiger partial charge on any atom is 0.244 e. The highest BCUT2D eigenvalue weighted by Gasteiger charge is 2.41. The van der Waals surface area contributed by atoms with E-state index in [1.165, 1.54) is 50.8 Å². The minimum Gasteiger partial charge on any atom is -1.00 e. The van der Waals surface area contributed by atoms with E-state index in [2.05, 4.69) is 129 Å². The third kappa shape index (κ3) is 8.04. The molecule has 1 saturated carbocycles. The molecule has 1 saturated heterocycles. The number of para-hydroxylation sites is 2. The van der Waals surface area contributed by atoms with Crippen molar-refractivity contribution in [3.05, 3.63) is 143 Å². The molecule has 2 fully saturated rings. The summed E-state index contributed by atoms with van der Waals surface area (Å²) < 4.78 is 33.2. The van der Waals surface area contributed by atoms with E-state index in [0.717, 1.165) is 61.7 Å². The van der Waals surface area contributed by atoms with Crippen LogP contribution in [0.15, 0.2) is 137 Å². The number of sulfonamides is 1. The molecule has 0 aromatic heterocycles. The largest absolute Gasteiger partial charge is 1.00 e. The van der Waals surface area contributed by atoms with Crippen molar-refractivity contribution in [1.29, 1.82) is 0 Å². The number of piperazine rings is 1. The summed E-state index contributed by atoms with van der Waals surface area (Å²) in [7, 11) is 0.263. The van der Waals surface area contributed by atoms with Crippen LogP contribution in [0.4, 0.5) is 17.1 Å². The summed E-state index contributed by atoms with van der Waals surface area (Å²) in [5.41, 5.74) is 12.8. The van der Waals surface area contributed by atoms with E-state index in [9.17, 15) is 8.42 Å². The Morgan fingerprint density at radius 2 is 1.15 bits per heavy atom. The molecule has 322 valence electrons. The topological polar surface area (TPSA) is 50.1 Å². The van der Waals surface area contributed by atoms with Crippen molar-refractivity contribution < 1.29 is 37.0 Å². The van der Waals surface area contributed by atoms with Gasteiger partial charge in [-0.05, 0) is 79.6 Å². The Morgan fingerprint density at radius 1 is 0.656 bits per heavy atom. The molecule has 0 unspecified atom stereocenters.